The molecule has 0 saturated heterocycles. The van der Waals surface area contributed by atoms with Gasteiger partial charge in [-0.1, -0.05) is 215 Å². The molecular weight excluding hydrogens is 837 g/mol. The lowest BCUT2D eigenvalue weighted by Crippen LogP contribution is -2.28. The van der Waals surface area contributed by atoms with Gasteiger partial charge >= 0.3 is 11.9 Å². The van der Waals surface area contributed by atoms with Gasteiger partial charge in [0.05, 0.1) is 6.61 Å². The molecule has 1 unspecified atom stereocenters. The van der Waals surface area contributed by atoms with Gasteiger partial charge in [0.1, 0.15) is 6.61 Å². The Labute approximate surface area is 416 Å². The van der Waals surface area contributed by atoms with Crippen LogP contribution in [-0.2, 0) is 19.1 Å². The molecule has 0 heterocycles. The smallest absolute Gasteiger partial charge is 0.306 e. The SMILES string of the molecule is CC/C=C\C/C=C\C/C=C\C/C=C\C/C=C\C/C=C\C/C=C\C/C=C\C/C=C\CCCCCCCC(=O)OC(CO)COC(=O)CCCC/C=C\C/C=C\C/C=C\C/C=C\C/C=C\C/C=C\CC. The predicted octanol–water partition coefficient (Wildman–Crippen LogP) is 18.0. The highest BCUT2D eigenvalue weighted by molar-refractivity contribution is 5.70. The third kappa shape index (κ3) is 53.6. The molecule has 5 heteroatoms. The molecule has 376 valence electrons. The van der Waals surface area contributed by atoms with Gasteiger partial charge < -0.3 is 14.6 Å². The zero-order valence-corrected chi connectivity index (χ0v) is 42.8. The summed E-state index contributed by atoms with van der Waals surface area (Å²) in [5, 5.41) is 9.63. The molecule has 5 nitrogen and oxygen atoms in total. The van der Waals surface area contributed by atoms with Crippen LogP contribution < -0.4 is 0 Å². The summed E-state index contributed by atoms with van der Waals surface area (Å²) in [6, 6.07) is 0. The molecule has 68 heavy (non-hydrogen) atoms. The third-order valence-corrected chi connectivity index (χ3v) is 10.2. The van der Waals surface area contributed by atoms with Crippen LogP contribution >= 0.6 is 0 Å². The second-order valence-corrected chi connectivity index (χ2v) is 16.5. The number of aliphatic hydroxyl groups is 1. The molecule has 0 spiro atoms. The Bertz CT molecular complexity index is 1620. The number of carbonyl (C=O) groups excluding carboxylic acids is 2. The minimum atomic E-state index is -0.817. The van der Waals surface area contributed by atoms with Crippen LogP contribution in [0.25, 0.3) is 0 Å². The van der Waals surface area contributed by atoms with Crippen LogP contribution in [-0.4, -0.2) is 36.4 Å². The van der Waals surface area contributed by atoms with Gasteiger partial charge in [-0.15, -0.1) is 0 Å². The van der Waals surface area contributed by atoms with E-state index in [2.05, 4.69) is 196 Å². The molecule has 0 bridgehead atoms. The zero-order chi connectivity index (χ0) is 49.2. The van der Waals surface area contributed by atoms with Crippen molar-refractivity contribution in [2.24, 2.45) is 0 Å². The van der Waals surface area contributed by atoms with Crippen LogP contribution in [0.1, 0.15) is 181 Å². The Morgan fingerprint density at radius 2 is 0.588 bits per heavy atom. The molecule has 0 fully saturated rings. The Morgan fingerprint density at radius 3 is 0.912 bits per heavy atom. The number of esters is 2. The monoisotopic (exact) mass is 931 g/mol. The van der Waals surface area contributed by atoms with Gasteiger partial charge in [0.2, 0.25) is 0 Å². The fraction of sp³-hybridized carbons (Fsp3) is 0.492. The molecule has 0 aliphatic heterocycles. The van der Waals surface area contributed by atoms with Crippen LogP contribution in [0.3, 0.4) is 0 Å². The Kier molecular flexibility index (Phi) is 52.2. The van der Waals surface area contributed by atoms with E-state index in [-0.39, 0.29) is 25.2 Å². The summed E-state index contributed by atoms with van der Waals surface area (Å²) >= 11 is 0. The molecule has 0 radical (unpaired) electrons. The van der Waals surface area contributed by atoms with Crippen molar-refractivity contribution in [3.63, 3.8) is 0 Å². The first-order chi connectivity index (χ1) is 33.6. The van der Waals surface area contributed by atoms with Crippen molar-refractivity contribution in [2.75, 3.05) is 13.2 Å². The third-order valence-electron chi connectivity index (χ3n) is 10.2. The minimum Gasteiger partial charge on any atom is -0.462 e. The molecule has 0 aliphatic carbocycles. The Morgan fingerprint density at radius 1 is 0.338 bits per heavy atom. The highest BCUT2D eigenvalue weighted by Gasteiger charge is 2.16. The maximum Gasteiger partial charge on any atom is 0.306 e. The topological polar surface area (TPSA) is 72.8 Å². The summed E-state index contributed by atoms with van der Waals surface area (Å²) in [5.41, 5.74) is 0. The molecule has 0 aliphatic rings. The molecule has 0 aromatic rings. The number of hydrogen-bond acceptors (Lipinski definition) is 5. The maximum absolute atomic E-state index is 12.3. The summed E-state index contributed by atoms with van der Waals surface area (Å²) in [6.45, 7) is 3.83. The van der Waals surface area contributed by atoms with Gasteiger partial charge in [-0.05, 0) is 135 Å². The number of rotatable bonds is 45. The van der Waals surface area contributed by atoms with E-state index in [1.54, 1.807) is 0 Å². The fourth-order valence-corrected chi connectivity index (χ4v) is 6.31. The molecule has 0 saturated carbocycles. The second-order valence-electron chi connectivity index (χ2n) is 16.5. The molecule has 1 N–H and O–H groups in total. The molecule has 1 atom stereocenters. The van der Waals surface area contributed by atoms with Crippen molar-refractivity contribution in [3.05, 3.63) is 182 Å². The first-order valence-corrected chi connectivity index (χ1v) is 26.3. The van der Waals surface area contributed by atoms with E-state index in [0.29, 0.717) is 12.8 Å². The lowest BCUT2D eigenvalue weighted by atomic mass is 10.1. The van der Waals surface area contributed by atoms with Gasteiger partial charge in [0.15, 0.2) is 6.10 Å². The summed E-state index contributed by atoms with van der Waals surface area (Å²) in [4.78, 5) is 24.5. The van der Waals surface area contributed by atoms with Crippen LogP contribution in [0.5, 0.6) is 0 Å². The van der Waals surface area contributed by atoms with E-state index in [0.717, 1.165) is 154 Å². The number of hydrogen-bond donors (Lipinski definition) is 1. The molecular formula is C63H94O5. The Balaban J connectivity index is 3.73. The minimum absolute atomic E-state index is 0.111. The van der Waals surface area contributed by atoms with Crippen molar-refractivity contribution in [3.8, 4) is 0 Å². The summed E-state index contributed by atoms with van der Waals surface area (Å²) in [6.07, 6.45) is 89.8. The quantitative estimate of drug-likeness (QED) is 0.0374. The number of carbonyl (C=O) groups is 2. The number of allylic oxidation sites excluding steroid dienone is 30. The van der Waals surface area contributed by atoms with Gasteiger partial charge in [-0.3, -0.25) is 9.59 Å². The number of aliphatic hydroxyl groups excluding tert-OH is 1. The average Bonchev–Trinajstić information content (AvgIpc) is 3.34. The maximum atomic E-state index is 12.3. The molecule has 0 rings (SSSR count). The summed E-state index contributed by atoms with van der Waals surface area (Å²) < 4.78 is 10.6. The Hall–Kier alpha value is -5.00. The van der Waals surface area contributed by atoms with Crippen LogP contribution in [0.4, 0.5) is 0 Å². The lowest BCUT2D eigenvalue weighted by molar-refractivity contribution is -0.161. The van der Waals surface area contributed by atoms with Crippen molar-refractivity contribution in [1.82, 2.24) is 0 Å². The number of ether oxygens (including phenoxy) is 2. The van der Waals surface area contributed by atoms with E-state index < -0.39 is 6.10 Å². The average molecular weight is 931 g/mol. The zero-order valence-electron chi connectivity index (χ0n) is 42.8. The standard InChI is InChI=1S/C63H94O5/c1-3-5-7-9-11-13-15-17-19-21-23-25-26-27-28-29-30-31-32-33-34-35-36-38-40-42-44-46-48-50-52-54-56-58-63(66)68-61(59-64)60-67-62(65)57-55-53-51-49-47-45-43-41-39-37-24-22-20-18-16-14-12-10-8-6-4-2/h5-8,11-14,17-20,23-25,27-28,30-31,33-34,36-38,41-44,47,49,61,64H,3-4,9-10,15-16,21-22,26,29,32,35,39-40,45-46,48,50-60H2,1-2H3/b7-5-,8-6-,13-11-,14-12-,19-17-,20-18-,25-23-,28-27-,31-30-,34-33-,37-24-,38-36-,43-41-,44-42-,49-47-. The van der Waals surface area contributed by atoms with E-state index in [9.17, 15) is 14.7 Å². The van der Waals surface area contributed by atoms with E-state index in [4.69, 9.17) is 9.47 Å². The summed E-state index contributed by atoms with van der Waals surface area (Å²) in [7, 11) is 0. The van der Waals surface area contributed by atoms with Gasteiger partial charge in [-0.2, -0.15) is 0 Å². The van der Waals surface area contributed by atoms with Gasteiger partial charge in [0.25, 0.3) is 0 Å². The largest absolute Gasteiger partial charge is 0.462 e. The van der Waals surface area contributed by atoms with Crippen molar-refractivity contribution in [2.45, 2.75) is 187 Å². The van der Waals surface area contributed by atoms with Crippen molar-refractivity contribution in [1.29, 1.82) is 0 Å². The van der Waals surface area contributed by atoms with Gasteiger partial charge in [-0.25, -0.2) is 0 Å². The number of unbranched alkanes of at least 4 members (excludes halogenated alkanes) is 7. The van der Waals surface area contributed by atoms with Gasteiger partial charge in [0, 0.05) is 12.8 Å². The van der Waals surface area contributed by atoms with E-state index in [1.807, 2.05) is 0 Å². The van der Waals surface area contributed by atoms with Crippen LogP contribution in [0.15, 0.2) is 182 Å². The molecule has 0 aromatic heterocycles. The lowest BCUT2D eigenvalue weighted by Gasteiger charge is -2.15. The second kappa shape index (κ2) is 56.3. The van der Waals surface area contributed by atoms with Crippen LogP contribution in [0, 0.1) is 0 Å². The molecule has 0 amide bonds. The highest BCUT2D eigenvalue weighted by atomic mass is 16.6. The summed E-state index contributed by atoms with van der Waals surface area (Å²) in [5.74, 6) is -0.682. The first kappa shape index (κ1) is 63.0. The van der Waals surface area contributed by atoms with Crippen LogP contribution in [0.2, 0.25) is 0 Å². The van der Waals surface area contributed by atoms with E-state index in [1.165, 1.54) is 0 Å². The van der Waals surface area contributed by atoms with Crippen molar-refractivity contribution < 1.29 is 24.2 Å². The normalized spacial score (nSPS) is 13.8. The fourth-order valence-electron chi connectivity index (χ4n) is 6.31. The van der Waals surface area contributed by atoms with Crippen molar-refractivity contribution >= 4 is 11.9 Å². The first-order valence-electron chi connectivity index (χ1n) is 26.3. The molecule has 0 aromatic carbocycles. The van der Waals surface area contributed by atoms with E-state index >= 15 is 0 Å². The predicted molar refractivity (Wildman–Crippen MR) is 296 cm³/mol. The highest BCUT2D eigenvalue weighted by Crippen LogP contribution is 2.10.